The van der Waals surface area contributed by atoms with Gasteiger partial charge in [-0.05, 0) is 32.0 Å². The van der Waals surface area contributed by atoms with Crippen molar-refractivity contribution in [3.63, 3.8) is 0 Å². The standard InChI is InChI=1S/C19H31N5O4/c1-22-11-13-23(14-12-22)18-9-8-17(16-21-18)19(25)20-10-6-4-2-3-5-7-15-28-24(26)27/h8-9,16H,2-7,10-15H2,1H3,(H,20,25). The number of nitrogens with one attached hydrogen (secondary N) is 1. The predicted molar refractivity (Wildman–Crippen MR) is 107 cm³/mol. The van der Waals surface area contributed by atoms with Crippen LogP contribution in [-0.4, -0.2) is 67.3 Å². The second-order valence-corrected chi connectivity index (χ2v) is 7.13. The van der Waals surface area contributed by atoms with Crippen molar-refractivity contribution in [1.29, 1.82) is 0 Å². The average molecular weight is 393 g/mol. The lowest BCUT2D eigenvalue weighted by atomic mass is 10.1. The summed E-state index contributed by atoms with van der Waals surface area (Å²) in [6.45, 7) is 4.77. The van der Waals surface area contributed by atoms with Crippen molar-refractivity contribution in [3.8, 4) is 0 Å². The van der Waals surface area contributed by atoms with Crippen LogP contribution in [0.15, 0.2) is 18.3 Å². The number of amides is 1. The van der Waals surface area contributed by atoms with E-state index in [0.29, 0.717) is 18.5 Å². The summed E-state index contributed by atoms with van der Waals surface area (Å²) in [5, 5.41) is 12.2. The quantitative estimate of drug-likeness (QED) is 0.330. The van der Waals surface area contributed by atoms with Crippen molar-refractivity contribution in [1.82, 2.24) is 15.2 Å². The van der Waals surface area contributed by atoms with Crippen molar-refractivity contribution in [2.45, 2.75) is 38.5 Å². The number of likely N-dealkylation sites (N-methyl/N-ethyl adjacent to an activating group) is 1. The zero-order chi connectivity index (χ0) is 20.2. The van der Waals surface area contributed by atoms with Gasteiger partial charge in [-0.3, -0.25) is 4.79 Å². The summed E-state index contributed by atoms with van der Waals surface area (Å²) in [7, 11) is 2.12. The molecule has 0 saturated carbocycles. The molecule has 1 saturated heterocycles. The molecule has 0 bridgehead atoms. The maximum atomic E-state index is 12.2. The largest absolute Gasteiger partial charge is 0.354 e. The van der Waals surface area contributed by atoms with E-state index in [1.54, 1.807) is 6.20 Å². The molecule has 9 nitrogen and oxygen atoms in total. The molecule has 1 aromatic heterocycles. The highest BCUT2D eigenvalue weighted by Crippen LogP contribution is 2.13. The molecular weight excluding hydrogens is 362 g/mol. The lowest BCUT2D eigenvalue weighted by Crippen LogP contribution is -2.44. The van der Waals surface area contributed by atoms with E-state index < -0.39 is 5.09 Å². The third kappa shape index (κ3) is 8.08. The number of nitrogens with zero attached hydrogens (tertiary/aromatic N) is 4. The van der Waals surface area contributed by atoms with Crippen molar-refractivity contribution in [2.24, 2.45) is 0 Å². The lowest BCUT2D eigenvalue weighted by molar-refractivity contribution is -0.757. The van der Waals surface area contributed by atoms with Crippen LogP contribution in [0.3, 0.4) is 0 Å². The molecule has 1 aliphatic heterocycles. The fraction of sp³-hybridized carbons (Fsp3) is 0.684. The number of piperazine rings is 1. The Kier molecular flexibility index (Phi) is 9.47. The molecule has 0 aromatic carbocycles. The van der Waals surface area contributed by atoms with Crippen LogP contribution >= 0.6 is 0 Å². The van der Waals surface area contributed by atoms with E-state index in [-0.39, 0.29) is 12.5 Å². The molecule has 2 rings (SSSR count). The van der Waals surface area contributed by atoms with E-state index in [1.165, 1.54) is 0 Å². The molecule has 156 valence electrons. The van der Waals surface area contributed by atoms with E-state index in [4.69, 9.17) is 0 Å². The molecular formula is C19H31N5O4. The molecule has 0 radical (unpaired) electrons. The number of hydrogen-bond donors (Lipinski definition) is 1. The lowest BCUT2D eigenvalue weighted by Gasteiger charge is -2.33. The Morgan fingerprint density at radius 1 is 1.14 bits per heavy atom. The monoisotopic (exact) mass is 393 g/mol. The summed E-state index contributed by atoms with van der Waals surface area (Å²) >= 11 is 0. The first-order chi connectivity index (χ1) is 13.6. The Labute approximate surface area is 166 Å². The number of carbonyl (C=O) groups excluding carboxylic acids is 1. The van der Waals surface area contributed by atoms with Gasteiger partial charge in [0.25, 0.3) is 11.0 Å². The highest BCUT2D eigenvalue weighted by molar-refractivity contribution is 5.94. The molecule has 1 amide bonds. The molecule has 1 N–H and O–H groups in total. The van der Waals surface area contributed by atoms with Crippen molar-refractivity contribution in [3.05, 3.63) is 34.0 Å². The van der Waals surface area contributed by atoms with Gasteiger partial charge in [-0.15, -0.1) is 10.1 Å². The van der Waals surface area contributed by atoms with Crippen molar-refractivity contribution in [2.75, 3.05) is 51.3 Å². The van der Waals surface area contributed by atoms with Crippen LogP contribution in [0.5, 0.6) is 0 Å². The smallest absolute Gasteiger partial charge is 0.294 e. The summed E-state index contributed by atoms with van der Waals surface area (Å²) in [5.41, 5.74) is 0.587. The Bertz CT molecular complexity index is 603. The Balaban J connectivity index is 1.55. The first-order valence-corrected chi connectivity index (χ1v) is 10.0. The summed E-state index contributed by atoms with van der Waals surface area (Å²) < 4.78 is 0. The van der Waals surface area contributed by atoms with Gasteiger partial charge in [-0.1, -0.05) is 25.7 Å². The molecule has 1 fully saturated rings. The molecule has 0 spiro atoms. The van der Waals surface area contributed by atoms with Crippen LogP contribution in [0.2, 0.25) is 0 Å². The van der Waals surface area contributed by atoms with Crippen LogP contribution < -0.4 is 10.2 Å². The predicted octanol–water partition coefficient (Wildman–Crippen LogP) is 2.11. The fourth-order valence-corrected chi connectivity index (χ4v) is 3.12. The molecule has 0 unspecified atom stereocenters. The minimum absolute atomic E-state index is 0.0886. The van der Waals surface area contributed by atoms with Crippen LogP contribution in [0, 0.1) is 10.1 Å². The Morgan fingerprint density at radius 2 is 1.82 bits per heavy atom. The third-order valence-electron chi connectivity index (χ3n) is 4.89. The SMILES string of the molecule is CN1CCN(c2ccc(C(=O)NCCCCCCCCO[N+](=O)[O-])cn2)CC1. The molecule has 9 heteroatoms. The minimum atomic E-state index is -0.752. The first-order valence-electron chi connectivity index (χ1n) is 10.0. The highest BCUT2D eigenvalue weighted by Gasteiger charge is 2.15. The van der Waals surface area contributed by atoms with E-state index in [1.807, 2.05) is 12.1 Å². The minimum Gasteiger partial charge on any atom is -0.354 e. The topological polar surface area (TPSA) is 101 Å². The van der Waals surface area contributed by atoms with Gasteiger partial charge in [0.05, 0.1) is 12.2 Å². The van der Waals surface area contributed by atoms with Gasteiger partial charge in [0.1, 0.15) is 5.82 Å². The molecule has 28 heavy (non-hydrogen) atoms. The van der Waals surface area contributed by atoms with Crippen LogP contribution in [0.4, 0.5) is 5.82 Å². The number of carbonyl (C=O) groups is 1. The van der Waals surface area contributed by atoms with E-state index >= 15 is 0 Å². The van der Waals surface area contributed by atoms with Gasteiger partial charge in [-0.25, -0.2) is 4.98 Å². The zero-order valence-electron chi connectivity index (χ0n) is 16.6. The molecule has 1 aromatic rings. The van der Waals surface area contributed by atoms with Crippen LogP contribution in [0.1, 0.15) is 48.9 Å². The Morgan fingerprint density at radius 3 is 2.46 bits per heavy atom. The third-order valence-corrected chi connectivity index (χ3v) is 4.89. The fourth-order valence-electron chi connectivity index (χ4n) is 3.12. The highest BCUT2D eigenvalue weighted by atomic mass is 16.9. The van der Waals surface area contributed by atoms with Crippen LogP contribution in [-0.2, 0) is 4.84 Å². The number of pyridine rings is 1. The average Bonchev–Trinajstić information content (AvgIpc) is 2.69. The zero-order valence-corrected chi connectivity index (χ0v) is 16.6. The maximum absolute atomic E-state index is 12.2. The number of hydrogen-bond acceptors (Lipinski definition) is 7. The molecule has 2 heterocycles. The summed E-state index contributed by atoms with van der Waals surface area (Å²) in [6, 6.07) is 3.76. The van der Waals surface area contributed by atoms with E-state index in [0.717, 1.165) is 64.1 Å². The van der Waals surface area contributed by atoms with Gasteiger partial charge >= 0.3 is 0 Å². The second kappa shape index (κ2) is 12.1. The van der Waals surface area contributed by atoms with Crippen molar-refractivity contribution >= 4 is 11.7 Å². The second-order valence-electron chi connectivity index (χ2n) is 7.13. The van der Waals surface area contributed by atoms with Crippen molar-refractivity contribution < 1.29 is 14.7 Å². The van der Waals surface area contributed by atoms with Gasteiger partial charge in [-0.2, -0.15) is 0 Å². The molecule has 0 aliphatic carbocycles. The maximum Gasteiger partial charge on any atom is 0.294 e. The Hall–Kier alpha value is -2.42. The van der Waals surface area contributed by atoms with E-state index in [2.05, 4.69) is 32.0 Å². The number of unbranched alkanes of at least 4 members (excludes halogenated alkanes) is 5. The van der Waals surface area contributed by atoms with Gasteiger partial charge < -0.3 is 20.0 Å². The number of aromatic nitrogens is 1. The normalized spacial score (nSPS) is 14.7. The van der Waals surface area contributed by atoms with Gasteiger partial charge in [0.2, 0.25) is 0 Å². The van der Waals surface area contributed by atoms with E-state index in [9.17, 15) is 14.9 Å². The molecule has 1 aliphatic rings. The summed E-state index contributed by atoms with van der Waals surface area (Å²) in [6.07, 6.45) is 7.29. The first kappa shape index (κ1) is 21.9. The molecule has 0 atom stereocenters. The van der Waals surface area contributed by atoms with Crippen LogP contribution in [0.25, 0.3) is 0 Å². The number of anilines is 1. The van der Waals surface area contributed by atoms with Gasteiger partial charge in [0.15, 0.2) is 0 Å². The number of rotatable bonds is 12. The summed E-state index contributed by atoms with van der Waals surface area (Å²) in [5.74, 6) is 0.836. The summed E-state index contributed by atoms with van der Waals surface area (Å²) in [4.78, 5) is 35.5. The van der Waals surface area contributed by atoms with Gasteiger partial charge in [0, 0.05) is 38.9 Å².